The van der Waals surface area contributed by atoms with Crippen LogP contribution in [-0.4, -0.2) is 25.2 Å². The number of amides is 4. The number of nitrogens with one attached hydrogen (secondary N) is 3. The standard InChI is InChI=1S/C30H27F3N4O3/c1-21-10-12-23(13-11-21)36-29(39)37(25-14-16-27(17-15-25)40-26-8-3-2-4-9-26)19-18-34-28(38)35-24-7-5-6-22(20-24)30(31,32)33/h2-17,20H,18-19H2,1H3,(H,36,39)(H2,34,35,38). The van der Waals surface area contributed by atoms with E-state index in [4.69, 9.17) is 4.74 Å². The van der Waals surface area contributed by atoms with Crippen LogP contribution in [0.5, 0.6) is 11.5 Å². The van der Waals surface area contributed by atoms with Gasteiger partial charge in [0.05, 0.1) is 5.56 Å². The molecule has 0 saturated carbocycles. The van der Waals surface area contributed by atoms with Gasteiger partial charge in [0.15, 0.2) is 0 Å². The molecule has 0 spiro atoms. The highest BCUT2D eigenvalue weighted by Gasteiger charge is 2.30. The van der Waals surface area contributed by atoms with Crippen LogP contribution in [0.15, 0.2) is 103 Å². The third-order valence-electron chi connectivity index (χ3n) is 5.74. The Morgan fingerprint density at radius 2 is 1.45 bits per heavy atom. The van der Waals surface area contributed by atoms with E-state index in [-0.39, 0.29) is 18.8 Å². The Kier molecular flexibility index (Phi) is 8.90. The van der Waals surface area contributed by atoms with E-state index in [9.17, 15) is 22.8 Å². The van der Waals surface area contributed by atoms with Crippen LogP contribution in [-0.2, 0) is 6.18 Å². The van der Waals surface area contributed by atoms with E-state index in [0.29, 0.717) is 22.9 Å². The van der Waals surface area contributed by atoms with Gasteiger partial charge in [-0.15, -0.1) is 0 Å². The number of alkyl halides is 3. The lowest BCUT2D eigenvalue weighted by Gasteiger charge is -2.24. The number of para-hydroxylation sites is 1. The predicted octanol–water partition coefficient (Wildman–Crippen LogP) is 7.67. The minimum absolute atomic E-state index is 0.00435. The number of nitrogens with zero attached hydrogens (tertiary/aromatic N) is 1. The first-order valence-corrected chi connectivity index (χ1v) is 12.4. The summed E-state index contributed by atoms with van der Waals surface area (Å²) in [5.74, 6) is 1.24. The molecule has 0 aliphatic carbocycles. The molecule has 0 atom stereocenters. The van der Waals surface area contributed by atoms with Gasteiger partial charge in [-0.3, -0.25) is 4.90 Å². The number of halogens is 3. The SMILES string of the molecule is Cc1ccc(NC(=O)N(CCNC(=O)Nc2cccc(C(F)(F)F)c2)c2ccc(Oc3ccccc3)cc2)cc1. The van der Waals surface area contributed by atoms with Crippen molar-refractivity contribution in [1.82, 2.24) is 5.32 Å². The Bertz CT molecular complexity index is 1430. The van der Waals surface area contributed by atoms with Gasteiger partial charge >= 0.3 is 18.2 Å². The maximum absolute atomic E-state index is 13.2. The maximum Gasteiger partial charge on any atom is 0.416 e. The van der Waals surface area contributed by atoms with Crippen LogP contribution in [0.25, 0.3) is 0 Å². The molecule has 0 radical (unpaired) electrons. The van der Waals surface area contributed by atoms with Crippen LogP contribution in [0.2, 0.25) is 0 Å². The summed E-state index contributed by atoms with van der Waals surface area (Å²) in [5.41, 5.74) is 1.31. The first-order valence-electron chi connectivity index (χ1n) is 12.4. The van der Waals surface area contributed by atoms with Crippen molar-refractivity contribution in [2.75, 3.05) is 28.6 Å². The minimum Gasteiger partial charge on any atom is -0.457 e. The summed E-state index contributed by atoms with van der Waals surface area (Å²) in [6.07, 6.45) is -4.53. The molecule has 4 aromatic carbocycles. The third kappa shape index (κ3) is 8.00. The van der Waals surface area contributed by atoms with Crippen LogP contribution in [0, 0.1) is 6.92 Å². The second-order valence-corrected chi connectivity index (χ2v) is 8.82. The van der Waals surface area contributed by atoms with E-state index in [1.165, 1.54) is 17.0 Å². The lowest BCUT2D eigenvalue weighted by atomic mass is 10.2. The summed E-state index contributed by atoms with van der Waals surface area (Å²) in [6, 6.07) is 26.6. The maximum atomic E-state index is 13.2. The quantitative estimate of drug-likeness (QED) is 0.211. The highest BCUT2D eigenvalue weighted by molar-refractivity contribution is 6.01. The third-order valence-corrected chi connectivity index (χ3v) is 5.74. The van der Waals surface area contributed by atoms with Crippen molar-refractivity contribution in [2.24, 2.45) is 0 Å². The number of rotatable bonds is 8. The molecule has 3 N–H and O–H groups in total. The number of urea groups is 2. The van der Waals surface area contributed by atoms with E-state index < -0.39 is 23.8 Å². The largest absolute Gasteiger partial charge is 0.457 e. The van der Waals surface area contributed by atoms with E-state index in [2.05, 4.69) is 16.0 Å². The second kappa shape index (κ2) is 12.7. The van der Waals surface area contributed by atoms with Gasteiger partial charge in [-0.2, -0.15) is 13.2 Å². The number of aryl methyl sites for hydroxylation is 1. The van der Waals surface area contributed by atoms with E-state index in [0.717, 1.165) is 17.7 Å². The van der Waals surface area contributed by atoms with Crippen molar-refractivity contribution in [1.29, 1.82) is 0 Å². The summed E-state index contributed by atoms with van der Waals surface area (Å²) in [7, 11) is 0. The molecule has 0 aliphatic rings. The van der Waals surface area contributed by atoms with E-state index in [1.807, 2.05) is 49.4 Å². The lowest BCUT2D eigenvalue weighted by Crippen LogP contribution is -2.42. The molecule has 4 amide bonds. The normalized spacial score (nSPS) is 10.9. The zero-order chi connectivity index (χ0) is 28.5. The fourth-order valence-electron chi connectivity index (χ4n) is 3.72. The van der Waals surface area contributed by atoms with Gasteiger partial charge in [0.1, 0.15) is 11.5 Å². The Morgan fingerprint density at radius 1 is 0.775 bits per heavy atom. The first-order chi connectivity index (χ1) is 19.2. The molecule has 0 unspecified atom stereocenters. The number of carbonyl (C=O) groups excluding carboxylic acids is 2. The summed E-state index contributed by atoms with van der Waals surface area (Å²) in [4.78, 5) is 27.0. The van der Waals surface area contributed by atoms with Gasteiger partial charge in [0, 0.05) is 30.2 Å². The molecule has 0 fully saturated rings. The summed E-state index contributed by atoms with van der Waals surface area (Å²) in [6.45, 7) is 2.04. The van der Waals surface area contributed by atoms with Crippen molar-refractivity contribution in [3.63, 3.8) is 0 Å². The fraction of sp³-hybridized carbons (Fsp3) is 0.133. The number of anilines is 3. The molecule has 10 heteroatoms. The van der Waals surface area contributed by atoms with E-state index in [1.54, 1.807) is 36.4 Å². The van der Waals surface area contributed by atoms with Crippen LogP contribution in [0.1, 0.15) is 11.1 Å². The van der Waals surface area contributed by atoms with Crippen molar-refractivity contribution >= 4 is 29.1 Å². The minimum atomic E-state index is -4.53. The summed E-state index contributed by atoms with van der Waals surface area (Å²) < 4.78 is 44.7. The van der Waals surface area contributed by atoms with Gasteiger partial charge in [-0.05, 0) is 73.7 Å². The molecule has 0 heterocycles. The molecule has 4 rings (SSSR count). The molecule has 0 aromatic heterocycles. The van der Waals surface area contributed by atoms with Crippen LogP contribution >= 0.6 is 0 Å². The molecule has 206 valence electrons. The Hall–Kier alpha value is -4.99. The molecule has 0 aliphatic heterocycles. The number of carbonyl (C=O) groups is 2. The summed E-state index contributed by atoms with van der Waals surface area (Å²) in [5, 5.41) is 7.81. The van der Waals surface area contributed by atoms with Gasteiger partial charge in [-0.25, -0.2) is 9.59 Å². The fourth-order valence-corrected chi connectivity index (χ4v) is 3.72. The number of hydrogen-bond donors (Lipinski definition) is 3. The van der Waals surface area contributed by atoms with Crippen molar-refractivity contribution in [2.45, 2.75) is 13.1 Å². The van der Waals surface area contributed by atoms with Crippen LogP contribution in [0.3, 0.4) is 0 Å². The molecule has 7 nitrogen and oxygen atoms in total. The van der Waals surface area contributed by atoms with Crippen LogP contribution < -0.4 is 25.6 Å². The second-order valence-electron chi connectivity index (χ2n) is 8.82. The molecule has 0 bridgehead atoms. The molecule has 4 aromatic rings. The highest BCUT2D eigenvalue weighted by Crippen LogP contribution is 2.30. The topological polar surface area (TPSA) is 82.7 Å². The van der Waals surface area contributed by atoms with Gasteiger partial charge < -0.3 is 20.7 Å². The molecular weight excluding hydrogens is 521 g/mol. The molecular formula is C30H27F3N4O3. The number of hydrogen-bond acceptors (Lipinski definition) is 3. The Balaban J connectivity index is 1.42. The Labute approximate surface area is 229 Å². The average Bonchev–Trinajstić information content (AvgIpc) is 2.93. The molecule has 0 saturated heterocycles. The lowest BCUT2D eigenvalue weighted by molar-refractivity contribution is -0.137. The highest BCUT2D eigenvalue weighted by atomic mass is 19.4. The molecule has 40 heavy (non-hydrogen) atoms. The van der Waals surface area contributed by atoms with Crippen LogP contribution in [0.4, 0.5) is 39.8 Å². The summed E-state index contributed by atoms with van der Waals surface area (Å²) >= 11 is 0. The zero-order valence-electron chi connectivity index (χ0n) is 21.5. The van der Waals surface area contributed by atoms with Gasteiger partial charge in [-0.1, -0.05) is 42.0 Å². The average molecular weight is 549 g/mol. The van der Waals surface area contributed by atoms with E-state index >= 15 is 0 Å². The monoisotopic (exact) mass is 548 g/mol. The van der Waals surface area contributed by atoms with Crippen molar-refractivity contribution in [3.05, 3.63) is 114 Å². The predicted molar refractivity (Wildman–Crippen MR) is 149 cm³/mol. The van der Waals surface area contributed by atoms with Crippen molar-refractivity contribution < 1.29 is 27.5 Å². The number of ether oxygens (including phenoxy) is 1. The van der Waals surface area contributed by atoms with Gasteiger partial charge in [0.2, 0.25) is 0 Å². The first kappa shape index (κ1) is 28.0. The Morgan fingerprint density at radius 3 is 2.12 bits per heavy atom. The smallest absolute Gasteiger partial charge is 0.416 e. The zero-order valence-corrected chi connectivity index (χ0v) is 21.5. The van der Waals surface area contributed by atoms with Crippen molar-refractivity contribution in [3.8, 4) is 11.5 Å². The van der Waals surface area contributed by atoms with Gasteiger partial charge in [0.25, 0.3) is 0 Å². The number of benzene rings is 4.